The van der Waals surface area contributed by atoms with Gasteiger partial charge in [-0.25, -0.2) is 8.78 Å². The molecule has 1 unspecified atom stereocenters. The van der Waals surface area contributed by atoms with Crippen LogP contribution in [0, 0.1) is 0 Å². The molecular formula is C11H11F2NO. The van der Waals surface area contributed by atoms with E-state index in [1.165, 1.54) is 6.07 Å². The summed E-state index contributed by atoms with van der Waals surface area (Å²) < 4.78 is 26.4. The molecule has 0 radical (unpaired) electrons. The van der Waals surface area contributed by atoms with Crippen molar-refractivity contribution in [3.8, 4) is 0 Å². The summed E-state index contributed by atoms with van der Waals surface area (Å²) in [6.07, 6.45) is -2.60. The van der Waals surface area contributed by atoms with E-state index >= 15 is 0 Å². The van der Waals surface area contributed by atoms with Gasteiger partial charge in [-0.15, -0.1) is 0 Å². The van der Waals surface area contributed by atoms with Crippen LogP contribution in [-0.4, -0.2) is 16.1 Å². The quantitative estimate of drug-likeness (QED) is 0.811. The first kappa shape index (κ1) is 10.1. The van der Waals surface area contributed by atoms with Gasteiger partial charge in [-0.1, -0.05) is 12.1 Å². The number of fused-ring (bicyclic) bond motifs is 1. The normalized spacial score (nSPS) is 13.7. The molecular weight excluding hydrogens is 200 g/mol. The molecule has 0 spiro atoms. The maximum Gasteiger partial charge on any atom is 0.268 e. The lowest BCUT2D eigenvalue weighted by atomic mass is 10.1. The first-order chi connectivity index (χ1) is 7.09. The Morgan fingerprint density at radius 3 is 2.67 bits per heavy atom. The maximum absolute atomic E-state index is 12.3. The second kappa shape index (κ2) is 3.62. The standard InChI is InChI=1S/C11H11F2NO/c1-14-5-4-7-2-3-8(6-9(7)14)10(15)11(12)13/h2-6,10-11,15H,1H3. The van der Waals surface area contributed by atoms with Gasteiger partial charge in [0.25, 0.3) is 6.43 Å². The molecule has 80 valence electrons. The lowest BCUT2D eigenvalue weighted by Crippen LogP contribution is -2.07. The number of alkyl halides is 2. The average molecular weight is 211 g/mol. The van der Waals surface area contributed by atoms with Gasteiger partial charge in [0.15, 0.2) is 0 Å². The molecule has 2 aromatic rings. The molecule has 0 aliphatic carbocycles. The molecule has 0 aliphatic rings. The van der Waals surface area contributed by atoms with Gasteiger partial charge in [0.1, 0.15) is 6.10 Å². The fraction of sp³-hybridized carbons (Fsp3) is 0.273. The molecule has 1 aromatic carbocycles. The molecule has 4 heteroatoms. The van der Waals surface area contributed by atoms with Gasteiger partial charge in [-0.3, -0.25) is 0 Å². The molecule has 0 saturated heterocycles. The van der Waals surface area contributed by atoms with Gasteiger partial charge in [0.05, 0.1) is 0 Å². The van der Waals surface area contributed by atoms with E-state index in [0.717, 1.165) is 10.9 Å². The lowest BCUT2D eigenvalue weighted by molar-refractivity contribution is -0.00571. The van der Waals surface area contributed by atoms with Crippen LogP contribution in [-0.2, 0) is 7.05 Å². The predicted octanol–water partition coefficient (Wildman–Crippen LogP) is 2.48. The van der Waals surface area contributed by atoms with Gasteiger partial charge < -0.3 is 9.67 Å². The van der Waals surface area contributed by atoms with Gasteiger partial charge in [0, 0.05) is 18.8 Å². The van der Waals surface area contributed by atoms with Crippen LogP contribution in [0.1, 0.15) is 11.7 Å². The Morgan fingerprint density at radius 1 is 1.27 bits per heavy atom. The molecule has 2 nitrogen and oxygen atoms in total. The van der Waals surface area contributed by atoms with E-state index in [9.17, 15) is 13.9 Å². The topological polar surface area (TPSA) is 25.2 Å². The van der Waals surface area contributed by atoms with Crippen molar-refractivity contribution in [3.05, 3.63) is 36.0 Å². The Kier molecular flexibility index (Phi) is 2.44. The van der Waals surface area contributed by atoms with Crippen molar-refractivity contribution < 1.29 is 13.9 Å². The number of hydrogen-bond acceptors (Lipinski definition) is 1. The van der Waals surface area contributed by atoms with E-state index in [0.29, 0.717) is 0 Å². The summed E-state index contributed by atoms with van der Waals surface area (Å²) >= 11 is 0. The van der Waals surface area contributed by atoms with Crippen LogP contribution in [0.2, 0.25) is 0 Å². The average Bonchev–Trinajstić information content (AvgIpc) is 2.59. The smallest absolute Gasteiger partial charge is 0.268 e. The molecule has 0 bridgehead atoms. The Hall–Kier alpha value is -1.42. The highest BCUT2D eigenvalue weighted by Gasteiger charge is 2.19. The number of benzene rings is 1. The van der Waals surface area contributed by atoms with Crippen molar-refractivity contribution in [2.75, 3.05) is 0 Å². The van der Waals surface area contributed by atoms with Crippen LogP contribution in [0.25, 0.3) is 10.9 Å². The fourth-order valence-corrected chi connectivity index (χ4v) is 1.61. The van der Waals surface area contributed by atoms with Crippen molar-refractivity contribution in [2.45, 2.75) is 12.5 Å². The maximum atomic E-state index is 12.3. The zero-order valence-corrected chi connectivity index (χ0v) is 8.19. The Bertz CT molecular complexity index is 478. The summed E-state index contributed by atoms with van der Waals surface area (Å²) in [5.74, 6) is 0. The zero-order chi connectivity index (χ0) is 11.0. The van der Waals surface area contributed by atoms with Gasteiger partial charge in [-0.05, 0) is 23.1 Å². The molecule has 0 aliphatic heterocycles. The Morgan fingerprint density at radius 2 is 2.00 bits per heavy atom. The summed E-state index contributed by atoms with van der Waals surface area (Å²) in [7, 11) is 1.83. The predicted molar refractivity (Wildman–Crippen MR) is 53.9 cm³/mol. The number of halogens is 2. The van der Waals surface area contributed by atoms with Crippen molar-refractivity contribution >= 4 is 10.9 Å². The second-order valence-electron chi connectivity index (χ2n) is 3.52. The summed E-state index contributed by atoms with van der Waals surface area (Å²) in [4.78, 5) is 0. The summed E-state index contributed by atoms with van der Waals surface area (Å²) in [6.45, 7) is 0. The minimum absolute atomic E-state index is 0.249. The summed E-state index contributed by atoms with van der Waals surface area (Å²) in [5.41, 5.74) is 1.09. The summed E-state index contributed by atoms with van der Waals surface area (Å²) in [6, 6.07) is 6.75. The van der Waals surface area contributed by atoms with Crippen LogP contribution in [0.3, 0.4) is 0 Å². The molecule has 2 rings (SSSR count). The van der Waals surface area contributed by atoms with Gasteiger partial charge >= 0.3 is 0 Å². The van der Waals surface area contributed by atoms with E-state index in [1.807, 2.05) is 23.9 Å². The number of hydrogen-bond donors (Lipinski definition) is 1. The minimum Gasteiger partial charge on any atom is -0.382 e. The van der Waals surface area contributed by atoms with E-state index in [1.54, 1.807) is 12.1 Å². The van der Waals surface area contributed by atoms with E-state index < -0.39 is 12.5 Å². The molecule has 1 heterocycles. The van der Waals surface area contributed by atoms with Crippen molar-refractivity contribution in [1.29, 1.82) is 0 Å². The van der Waals surface area contributed by atoms with E-state index in [-0.39, 0.29) is 5.56 Å². The summed E-state index contributed by atoms with van der Waals surface area (Å²) in [5, 5.41) is 10.2. The lowest BCUT2D eigenvalue weighted by Gasteiger charge is -2.10. The monoisotopic (exact) mass is 211 g/mol. The third-order valence-electron chi connectivity index (χ3n) is 2.49. The molecule has 0 fully saturated rings. The molecule has 15 heavy (non-hydrogen) atoms. The number of aryl methyl sites for hydroxylation is 1. The van der Waals surface area contributed by atoms with E-state index in [4.69, 9.17) is 0 Å². The molecule has 1 atom stereocenters. The Labute approximate surface area is 85.8 Å². The molecule has 0 saturated carbocycles. The van der Waals surface area contributed by atoms with E-state index in [2.05, 4.69) is 0 Å². The van der Waals surface area contributed by atoms with Crippen molar-refractivity contribution in [1.82, 2.24) is 4.57 Å². The minimum atomic E-state index is -2.75. The van der Waals surface area contributed by atoms with Crippen LogP contribution < -0.4 is 0 Å². The third-order valence-corrected chi connectivity index (χ3v) is 2.49. The van der Waals surface area contributed by atoms with Crippen LogP contribution in [0.5, 0.6) is 0 Å². The Balaban J connectivity index is 2.50. The van der Waals surface area contributed by atoms with Gasteiger partial charge in [-0.2, -0.15) is 0 Å². The number of nitrogens with zero attached hydrogens (tertiary/aromatic N) is 1. The highest BCUT2D eigenvalue weighted by Crippen LogP contribution is 2.24. The van der Waals surface area contributed by atoms with Crippen molar-refractivity contribution in [2.24, 2.45) is 7.05 Å². The first-order valence-corrected chi connectivity index (χ1v) is 4.61. The highest BCUT2D eigenvalue weighted by molar-refractivity contribution is 5.80. The number of aliphatic hydroxyl groups excluding tert-OH is 1. The number of rotatable bonds is 2. The number of aromatic nitrogens is 1. The van der Waals surface area contributed by atoms with Crippen LogP contribution >= 0.6 is 0 Å². The third kappa shape index (κ3) is 1.72. The van der Waals surface area contributed by atoms with Crippen LogP contribution in [0.4, 0.5) is 8.78 Å². The largest absolute Gasteiger partial charge is 0.382 e. The first-order valence-electron chi connectivity index (χ1n) is 4.61. The van der Waals surface area contributed by atoms with Crippen LogP contribution in [0.15, 0.2) is 30.5 Å². The van der Waals surface area contributed by atoms with Gasteiger partial charge in [0.2, 0.25) is 0 Å². The fourth-order valence-electron chi connectivity index (χ4n) is 1.61. The second-order valence-corrected chi connectivity index (χ2v) is 3.52. The SMILES string of the molecule is Cn1ccc2ccc(C(O)C(F)F)cc21. The highest BCUT2D eigenvalue weighted by atomic mass is 19.3. The number of aliphatic hydroxyl groups is 1. The molecule has 1 N–H and O–H groups in total. The molecule has 1 aromatic heterocycles. The van der Waals surface area contributed by atoms with Crippen molar-refractivity contribution in [3.63, 3.8) is 0 Å². The molecule has 0 amide bonds. The zero-order valence-electron chi connectivity index (χ0n) is 8.19.